The largest absolute Gasteiger partial charge is 0.409 e. The summed E-state index contributed by atoms with van der Waals surface area (Å²) in [7, 11) is 0. The van der Waals surface area contributed by atoms with Gasteiger partial charge in [0.2, 0.25) is 12.2 Å². The maximum Gasteiger partial charge on any atom is 0.262 e. The van der Waals surface area contributed by atoms with Crippen LogP contribution < -0.4 is 0 Å². The van der Waals surface area contributed by atoms with Crippen LogP contribution in [0.2, 0.25) is 0 Å². The van der Waals surface area contributed by atoms with E-state index >= 15 is 0 Å². The third-order valence-corrected chi connectivity index (χ3v) is 1.01. The van der Waals surface area contributed by atoms with Crippen LogP contribution in [0.1, 0.15) is 0 Å². The zero-order valence-electron chi connectivity index (χ0n) is 5.12. The van der Waals surface area contributed by atoms with Gasteiger partial charge < -0.3 is 9.73 Å². The van der Waals surface area contributed by atoms with Gasteiger partial charge in [-0.3, -0.25) is 0 Å². The van der Waals surface area contributed by atoms with Gasteiger partial charge in [-0.05, 0) is 10.4 Å². The predicted molar refractivity (Wildman–Crippen MR) is 28.3 cm³/mol. The van der Waals surface area contributed by atoms with Gasteiger partial charge in [0.1, 0.15) is 0 Å². The van der Waals surface area contributed by atoms with Crippen molar-refractivity contribution in [1.82, 2.24) is 30.5 Å². The van der Waals surface area contributed by atoms with Crippen molar-refractivity contribution in [3.63, 3.8) is 0 Å². The Balaban J connectivity index is 2.53. The van der Waals surface area contributed by atoms with E-state index in [1.165, 1.54) is 0 Å². The highest BCUT2D eigenvalue weighted by Gasteiger charge is 2.11. The zero-order chi connectivity index (χ0) is 7.68. The SMILES string of the molecule is On1nnnc1-c1ncon1. The molecule has 56 valence electrons. The van der Waals surface area contributed by atoms with Crippen molar-refractivity contribution < 1.29 is 9.73 Å². The third kappa shape index (κ3) is 0.801. The molecule has 0 aliphatic rings. The molecule has 0 spiro atoms. The summed E-state index contributed by atoms with van der Waals surface area (Å²) in [6.45, 7) is 0. The Morgan fingerprint density at radius 1 is 1.55 bits per heavy atom. The van der Waals surface area contributed by atoms with Gasteiger partial charge in [0.15, 0.2) is 0 Å². The molecule has 0 radical (unpaired) electrons. The van der Waals surface area contributed by atoms with Crippen molar-refractivity contribution >= 4 is 0 Å². The Labute approximate surface area is 59.4 Å². The maximum atomic E-state index is 8.88. The topological polar surface area (TPSA) is 103 Å². The molecule has 0 aromatic carbocycles. The van der Waals surface area contributed by atoms with Crippen molar-refractivity contribution in [2.45, 2.75) is 0 Å². The average Bonchev–Trinajstić information content (AvgIpc) is 2.55. The molecule has 1 N–H and O–H groups in total. The lowest BCUT2D eigenvalue weighted by molar-refractivity contribution is 0.146. The van der Waals surface area contributed by atoms with E-state index in [2.05, 4.69) is 30.2 Å². The van der Waals surface area contributed by atoms with Gasteiger partial charge in [0.05, 0.1) is 0 Å². The van der Waals surface area contributed by atoms with E-state index in [-0.39, 0.29) is 11.6 Å². The van der Waals surface area contributed by atoms with Crippen molar-refractivity contribution in [3.05, 3.63) is 6.39 Å². The average molecular weight is 154 g/mol. The van der Waals surface area contributed by atoms with Gasteiger partial charge in [0.25, 0.3) is 5.82 Å². The molecule has 0 aliphatic carbocycles. The fourth-order valence-electron chi connectivity index (χ4n) is 0.586. The Morgan fingerprint density at radius 2 is 2.45 bits per heavy atom. The summed E-state index contributed by atoms with van der Waals surface area (Å²) in [6, 6.07) is 0. The fourth-order valence-corrected chi connectivity index (χ4v) is 0.586. The molecule has 0 amide bonds. The van der Waals surface area contributed by atoms with Gasteiger partial charge in [-0.25, -0.2) is 0 Å². The van der Waals surface area contributed by atoms with Gasteiger partial charge in [-0.1, -0.05) is 10.0 Å². The third-order valence-electron chi connectivity index (χ3n) is 1.01. The Kier molecular flexibility index (Phi) is 1.05. The van der Waals surface area contributed by atoms with Crippen LogP contribution in [0.15, 0.2) is 10.9 Å². The van der Waals surface area contributed by atoms with E-state index in [0.717, 1.165) is 6.39 Å². The molecule has 2 rings (SSSR count). The van der Waals surface area contributed by atoms with Crippen LogP contribution in [-0.4, -0.2) is 35.7 Å². The van der Waals surface area contributed by atoms with Crippen LogP contribution in [0.4, 0.5) is 0 Å². The quantitative estimate of drug-likeness (QED) is 0.523. The van der Waals surface area contributed by atoms with Gasteiger partial charge in [0, 0.05) is 0 Å². The summed E-state index contributed by atoms with van der Waals surface area (Å²) in [6.07, 6.45) is 1.12. The summed E-state index contributed by atoms with van der Waals surface area (Å²) in [5.74, 6) is 0.177. The van der Waals surface area contributed by atoms with E-state index in [9.17, 15) is 0 Å². The van der Waals surface area contributed by atoms with Crippen LogP contribution in [-0.2, 0) is 0 Å². The number of aromatic nitrogens is 6. The summed E-state index contributed by atoms with van der Waals surface area (Å²) < 4.78 is 4.41. The molecule has 0 unspecified atom stereocenters. The molecular formula is C3H2N6O2. The van der Waals surface area contributed by atoms with E-state index < -0.39 is 0 Å². The number of hydrogen-bond donors (Lipinski definition) is 1. The highest BCUT2D eigenvalue weighted by Crippen LogP contribution is 2.05. The number of rotatable bonds is 1. The molecule has 0 saturated heterocycles. The first-order valence-electron chi connectivity index (χ1n) is 2.62. The standard InChI is InChI=1S/C3H2N6O2/c10-9-3(5-7-8-9)2-4-1-11-6-2/h1,10H. The fraction of sp³-hybridized carbons (Fsp3) is 0. The molecule has 2 aromatic rings. The zero-order valence-corrected chi connectivity index (χ0v) is 5.12. The summed E-state index contributed by atoms with van der Waals surface area (Å²) in [5.41, 5.74) is 0. The molecule has 0 atom stereocenters. The second kappa shape index (κ2) is 2.01. The van der Waals surface area contributed by atoms with E-state index in [1.807, 2.05) is 0 Å². The normalized spacial score (nSPS) is 10.2. The van der Waals surface area contributed by atoms with Crippen LogP contribution in [0.3, 0.4) is 0 Å². The molecule has 2 heterocycles. The maximum absolute atomic E-state index is 8.88. The minimum absolute atomic E-state index is 0.0405. The monoisotopic (exact) mass is 154 g/mol. The van der Waals surface area contributed by atoms with Crippen LogP contribution in [0, 0.1) is 0 Å². The molecule has 8 nitrogen and oxygen atoms in total. The van der Waals surface area contributed by atoms with Crippen LogP contribution in [0.5, 0.6) is 0 Å². The summed E-state index contributed by atoms with van der Waals surface area (Å²) >= 11 is 0. The first kappa shape index (κ1) is 5.77. The molecule has 8 heteroatoms. The highest BCUT2D eigenvalue weighted by molar-refractivity contribution is 5.38. The molecular weight excluding hydrogens is 152 g/mol. The van der Waals surface area contributed by atoms with Crippen molar-refractivity contribution in [2.24, 2.45) is 0 Å². The number of tetrazole rings is 1. The van der Waals surface area contributed by atoms with E-state index in [4.69, 9.17) is 5.21 Å². The van der Waals surface area contributed by atoms with Gasteiger partial charge >= 0.3 is 0 Å². The lowest BCUT2D eigenvalue weighted by atomic mass is 10.6. The lowest BCUT2D eigenvalue weighted by Crippen LogP contribution is -1.97. The number of nitrogens with zero attached hydrogens (tertiary/aromatic N) is 6. The minimum Gasteiger partial charge on any atom is -0.409 e. The van der Waals surface area contributed by atoms with Crippen molar-refractivity contribution in [3.8, 4) is 11.6 Å². The number of hydrogen-bond acceptors (Lipinski definition) is 7. The Bertz CT molecular complexity index is 338. The van der Waals surface area contributed by atoms with Gasteiger partial charge in [-0.15, -0.1) is 5.10 Å². The first-order valence-corrected chi connectivity index (χ1v) is 2.62. The van der Waals surface area contributed by atoms with E-state index in [0.29, 0.717) is 4.85 Å². The first-order chi connectivity index (χ1) is 5.38. The highest BCUT2D eigenvalue weighted by atomic mass is 16.5. The molecule has 0 saturated carbocycles. The van der Waals surface area contributed by atoms with Crippen molar-refractivity contribution in [1.29, 1.82) is 0 Å². The Morgan fingerprint density at radius 3 is 3.00 bits per heavy atom. The van der Waals surface area contributed by atoms with Crippen LogP contribution in [0.25, 0.3) is 11.6 Å². The summed E-state index contributed by atoms with van der Waals surface area (Å²) in [4.78, 5) is 4.08. The van der Waals surface area contributed by atoms with Crippen molar-refractivity contribution in [2.75, 3.05) is 0 Å². The Hall–Kier alpha value is -1.99. The summed E-state index contributed by atoms with van der Waals surface area (Å²) in [5, 5.41) is 22.0. The molecule has 2 aromatic heterocycles. The van der Waals surface area contributed by atoms with E-state index in [1.54, 1.807) is 0 Å². The smallest absolute Gasteiger partial charge is 0.262 e. The predicted octanol–water partition coefficient (Wildman–Crippen LogP) is -1.04. The molecule has 0 aliphatic heterocycles. The lowest BCUT2D eigenvalue weighted by Gasteiger charge is -1.85. The molecule has 11 heavy (non-hydrogen) atoms. The minimum atomic E-state index is 0.0405. The second-order valence-corrected chi connectivity index (χ2v) is 1.65. The molecule has 0 bridgehead atoms. The second-order valence-electron chi connectivity index (χ2n) is 1.65. The van der Waals surface area contributed by atoms with Gasteiger partial charge in [-0.2, -0.15) is 4.98 Å². The van der Waals surface area contributed by atoms with Crippen LogP contribution >= 0.6 is 0 Å². The molecule has 0 fully saturated rings.